The quantitative estimate of drug-likeness (QED) is 0.0884. The second kappa shape index (κ2) is 22.4. The summed E-state index contributed by atoms with van der Waals surface area (Å²) in [4.78, 5) is 41.9. The van der Waals surface area contributed by atoms with E-state index in [-0.39, 0.29) is 35.1 Å². The number of aryl methyl sites for hydroxylation is 4. The molecular formula is C47H56N10O4. The first kappa shape index (κ1) is 45.1. The zero-order valence-electron chi connectivity index (χ0n) is 35.6. The number of nitrogens with two attached hydrogens (primary N) is 2. The van der Waals surface area contributed by atoms with Crippen LogP contribution in [0.15, 0.2) is 114 Å². The zero-order valence-corrected chi connectivity index (χ0v) is 35.6. The molecule has 0 radical (unpaired) electrons. The first-order valence-corrected chi connectivity index (χ1v) is 20.5. The molecule has 0 aliphatic carbocycles. The van der Waals surface area contributed by atoms with Gasteiger partial charge in [-0.3, -0.25) is 14.4 Å². The van der Waals surface area contributed by atoms with Crippen LogP contribution in [0.4, 0.5) is 5.82 Å². The molecule has 2 atom stereocenters. The number of nitrogen functional groups attached to an aromatic ring is 1. The number of H-pyrrole nitrogens is 1. The van der Waals surface area contributed by atoms with Crippen molar-refractivity contribution >= 4 is 28.9 Å². The van der Waals surface area contributed by atoms with Gasteiger partial charge in [0.1, 0.15) is 5.82 Å². The molecule has 4 aromatic carbocycles. The predicted molar refractivity (Wildman–Crippen MR) is 238 cm³/mol. The van der Waals surface area contributed by atoms with Crippen LogP contribution >= 0.6 is 0 Å². The van der Waals surface area contributed by atoms with Gasteiger partial charge in [0, 0.05) is 6.42 Å². The summed E-state index contributed by atoms with van der Waals surface area (Å²) >= 11 is 0. The monoisotopic (exact) mass is 824 g/mol. The Balaban J connectivity index is 0.000000190. The predicted octanol–water partition coefficient (Wildman–Crippen LogP) is 7.25. The summed E-state index contributed by atoms with van der Waals surface area (Å²) in [6, 6.07) is 37.0. The van der Waals surface area contributed by atoms with Gasteiger partial charge in [0.25, 0.3) is 11.5 Å². The Labute approximate surface area is 356 Å². The van der Waals surface area contributed by atoms with Gasteiger partial charge in [-0.05, 0) is 88.5 Å². The lowest BCUT2D eigenvalue weighted by Gasteiger charge is -2.12. The maximum Gasteiger partial charge on any atom is 0.309 e. The van der Waals surface area contributed by atoms with Crippen LogP contribution in [-0.2, 0) is 35.2 Å². The number of fused-ring (bicyclic) bond motifs is 1. The normalized spacial score (nSPS) is 11.8. The van der Waals surface area contributed by atoms with Crippen LogP contribution in [0.25, 0.3) is 11.2 Å². The number of rotatable bonds is 15. The highest BCUT2D eigenvalue weighted by Crippen LogP contribution is 2.20. The third-order valence-corrected chi connectivity index (χ3v) is 10.2. The van der Waals surface area contributed by atoms with E-state index in [9.17, 15) is 14.4 Å². The van der Waals surface area contributed by atoms with E-state index in [1.165, 1.54) is 29.4 Å². The average Bonchev–Trinajstić information content (AvgIpc) is 3.88. The number of hydrogen-bond donors (Lipinski definition) is 3. The van der Waals surface area contributed by atoms with Gasteiger partial charge in [0.05, 0.1) is 25.6 Å². The van der Waals surface area contributed by atoms with E-state index in [1.807, 2.05) is 62.4 Å². The van der Waals surface area contributed by atoms with E-state index in [0.29, 0.717) is 29.8 Å². The van der Waals surface area contributed by atoms with E-state index in [2.05, 4.69) is 110 Å². The molecule has 2 unspecified atom stereocenters. The summed E-state index contributed by atoms with van der Waals surface area (Å²) in [5.41, 5.74) is 18.8. The molecule has 14 nitrogen and oxygen atoms in total. The molecule has 0 saturated carbocycles. The molecule has 3 heterocycles. The number of benzene rings is 4. The number of primary amides is 1. The SMILES string of the molecule is CC(CCCc1ccccc1)n1nnc(C(N)=O)c1N.COC(=O)Cc1ccc(C)cc1.Cc1ccc(Cc2nc3c(nnn3C(C)CCCc3ccccc3)c(=O)[nH]2)cc1. The topological polar surface area (TPSA) is 203 Å². The molecule has 0 fully saturated rings. The fraction of sp³-hybridized carbons (Fsp3) is 0.319. The molecule has 0 aliphatic heterocycles. The third-order valence-electron chi connectivity index (χ3n) is 10.2. The summed E-state index contributed by atoms with van der Waals surface area (Å²) < 4.78 is 7.89. The van der Waals surface area contributed by atoms with Crippen LogP contribution in [-0.4, -0.2) is 58.9 Å². The molecule has 7 aromatic rings. The number of ether oxygens (including phenoxy) is 1. The van der Waals surface area contributed by atoms with E-state index in [0.717, 1.165) is 49.7 Å². The molecule has 1 amide bonds. The molecule has 5 N–H and O–H groups in total. The summed E-state index contributed by atoms with van der Waals surface area (Å²) in [7, 11) is 1.40. The van der Waals surface area contributed by atoms with E-state index >= 15 is 0 Å². The summed E-state index contributed by atoms with van der Waals surface area (Å²) in [6.07, 6.45) is 6.83. The van der Waals surface area contributed by atoms with Crippen LogP contribution in [0, 0.1) is 13.8 Å². The number of nitrogens with one attached hydrogen (secondary N) is 1. The fourth-order valence-electron chi connectivity index (χ4n) is 6.65. The van der Waals surface area contributed by atoms with E-state index in [4.69, 9.17) is 11.5 Å². The highest BCUT2D eigenvalue weighted by atomic mass is 16.5. The standard InChI is InChI=1S/C23H25N5O.C14H19N5O.C10H12O2/c1-16-11-13-19(14-12-16)15-20-24-22-21(23(29)25-20)26-27-28(22)17(2)7-6-10-18-8-4-3-5-9-18;1-10(6-5-9-11-7-3-2-4-8-11)19-13(15)12(14(16)20)17-18-19;1-8-3-5-9(6-4-8)7-10(11)12-2/h3-5,8-9,11-14,17H,6-7,10,15H2,1-2H3,(H,24,25,29);2-4,7-8,10H,5-6,9,15H2,1H3,(H2,16,20);3-6H,7H2,1-2H3. The van der Waals surface area contributed by atoms with Crippen molar-refractivity contribution in [3.05, 3.63) is 164 Å². The van der Waals surface area contributed by atoms with Gasteiger partial charge < -0.3 is 21.2 Å². The van der Waals surface area contributed by atoms with Crippen LogP contribution in [0.3, 0.4) is 0 Å². The molecule has 61 heavy (non-hydrogen) atoms. The second-order valence-corrected chi connectivity index (χ2v) is 15.2. The third kappa shape index (κ3) is 13.5. The number of carbonyl (C=O) groups excluding carboxylic acids is 2. The Morgan fingerprint density at radius 2 is 1.21 bits per heavy atom. The van der Waals surface area contributed by atoms with Crippen LogP contribution in [0.1, 0.15) is 101 Å². The first-order valence-electron chi connectivity index (χ1n) is 20.5. The Bertz CT molecular complexity index is 2500. The van der Waals surface area contributed by atoms with Gasteiger partial charge in [-0.1, -0.05) is 131 Å². The number of amides is 1. The molecule has 3 aromatic heterocycles. The highest BCUT2D eigenvalue weighted by Gasteiger charge is 2.19. The van der Waals surface area contributed by atoms with Crippen molar-refractivity contribution in [3.8, 4) is 0 Å². The van der Waals surface area contributed by atoms with E-state index < -0.39 is 5.91 Å². The van der Waals surface area contributed by atoms with Crippen molar-refractivity contribution in [1.29, 1.82) is 0 Å². The smallest absolute Gasteiger partial charge is 0.309 e. The minimum Gasteiger partial charge on any atom is -0.469 e. The molecule has 0 bridgehead atoms. The number of carbonyl (C=O) groups is 2. The molecule has 14 heteroatoms. The molecule has 318 valence electrons. The van der Waals surface area contributed by atoms with Crippen molar-refractivity contribution in [1.82, 2.24) is 40.0 Å². The average molecular weight is 825 g/mol. The van der Waals surface area contributed by atoms with Gasteiger partial charge in [-0.25, -0.2) is 14.3 Å². The van der Waals surface area contributed by atoms with E-state index in [1.54, 1.807) is 9.36 Å². The Hall–Kier alpha value is -6.96. The molecular weight excluding hydrogens is 769 g/mol. The Kier molecular flexibility index (Phi) is 16.6. The minimum atomic E-state index is -0.648. The molecule has 0 saturated heterocycles. The number of methoxy groups -OCH3 is 1. The van der Waals surface area contributed by atoms with Crippen molar-refractivity contribution in [3.63, 3.8) is 0 Å². The largest absolute Gasteiger partial charge is 0.469 e. The summed E-state index contributed by atoms with van der Waals surface area (Å²) in [5, 5.41) is 15.9. The first-order chi connectivity index (χ1) is 29.4. The lowest BCUT2D eigenvalue weighted by molar-refractivity contribution is -0.139. The maximum absolute atomic E-state index is 12.5. The maximum atomic E-state index is 12.5. The van der Waals surface area contributed by atoms with Gasteiger partial charge in [0.15, 0.2) is 22.7 Å². The summed E-state index contributed by atoms with van der Waals surface area (Å²) in [6.45, 7) is 8.17. The zero-order chi connectivity index (χ0) is 43.7. The van der Waals surface area contributed by atoms with Crippen LogP contribution in [0.2, 0.25) is 0 Å². The van der Waals surface area contributed by atoms with Gasteiger partial charge in [0.2, 0.25) is 0 Å². The van der Waals surface area contributed by atoms with Crippen molar-refractivity contribution in [2.24, 2.45) is 5.73 Å². The number of nitrogens with zero attached hydrogens (tertiary/aromatic N) is 7. The Morgan fingerprint density at radius 1 is 0.705 bits per heavy atom. The number of aromatic nitrogens is 8. The van der Waals surface area contributed by atoms with Gasteiger partial charge in [-0.2, -0.15) is 0 Å². The fourth-order valence-corrected chi connectivity index (χ4v) is 6.65. The number of hydrogen-bond acceptors (Lipinski definition) is 10. The lowest BCUT2D eigenvalue weighted by Crippen LogP contribution is -2.16. The van der Waals surface area contributed by atoms with Crippen molar-refractivity contribution in [2.75, 3.05) is 12.8 Å². The van der Waals surface area contributed by atoms with Gasteiger partial charge >= 0.3 is 5.97 Å². The number of aromatic amines is 1. The molecule has 0 spiro atoms. The molecule has 0 aliphatic rings. The lowest BCUT2D eigenvalue weighted by atomic mass is 10.1. The van der Waals surface area contributed by atoms with Crippen molar-refractivity contribution < 1.29 is 14.3 Å². The second-order valence-electron chi connectivity index (χ2n) is 15.2. The highest BCUT2D eigenvalue weighted by molar-refractivity contribution is 5.94. The van der Waals surface area contributed by atoms with Gasteiger partial charge in [-0.15, -0.1) is 10.2 Å². The Morgan fingerprint density at radius 3 is 1.72 bits per heavy atom. The number of anilines is 1. The van der Waals surface area contributed by atoms with Crippen molar-refractivity contribution in [2.45, 2.75) is 91.1 Å². The van der Waals surface area contributed by atoms with Crippen LogP contribution < -0.4 is 17.0 Å². The molecule has 7 rings (SSSR count). The van der Waals surface area contributed by atoms with Crippen LogP contribution in [0.5, 0.6) is 0 Å². The minimum absolute atomic E-state index is 0.0416. The number of esters is 1. The summed E-state index contributed by atoms with van der Waals surface area (Å²) in [5.74, 6) is 0.0280.